The van der Waals surface area contributed by atoms with Crippen molar-refractivity contribution in [2.24, 2.45) is 0 Å². The molecular formula is C22H23N3O4. The molecule has 0 saturated heterocycles. The molecule has 1 amide bonds. The first-order chi connectivity index (χ1) is 14.1. The van der Waals surface area contributed by atoms with Gasteiger partial charge in [-0.25, -0.2) is 9.48 Å². The first-order valence-corrected chi connectivity index (χ1v) is 9.28. The lowest BCUT2D eigenvalue weighted by Crippen LogP contribution is -2.36. The van der Waals surface area contributed by atoms with Crippen molar-refractivity contribution >= 4 is 11.9 Å². The number of esters is 1. The Morgan fingerprint density at radius 1 is 1.10 bits per heavy atom. The molecule has 2 aromatic carbocycles. The van der Waals surface area contributed by atoms with Crippen molar-refractivity contribution in [2.45, 2.75) is 19.4 Å². The first kappa shape index (κ1) is 20.1. The fourth-order valence-electron chi connectivity index (χ4n) is 2.72. The van der Waals surface area contributed by atoms with Crippen LogP contribution in [0.15, 0.2) is 67.0 Å². The zero-order valence-corrected chi connectivity index (χ0v) is 16.4. The summed E-state index contributed by atoms with van der Waals surface area (Å²) in [6.45, 7) is 2.00. The lowest BCUT2D eigenvalue weighted by atomic mass is 10.1. The van der Waals surface area contributed by atoms with Crippen LogP contribution in [0.3, 0.4) is 0 Å². The summed E-state index contributed by atoms with van der Waals surface area (Å²) >= 11 is 0. The molecule has 1 N–H and O–H groups in total. The number of carbonyl (C=O) groups excluding carboxylic acids is 2. The Morgan fingerprint density at radius 2 is 1.83 bits per heavy atom. The Hall–Kier alpha value is -3.61. The summed E-state index contributed by atoms with van der Waals surface area (Å²) in [5.74, 6) is -0.0918. The molecule has 1 atom stereocenters. The van der Waals surface area contributed by atoms with Crippen LogP contribution in [0, 0.1) is 0 Å². The maximum Gasteiger partial charge on any atom is 0.338 e. The van der Waals surface area contributed by atoms with E-state index in [-0.39, 0.29) is 5.91 Å². The molecule has 0 bridgehead atoms. The molecule has 150 valence electrons. The Balaban J connectivity index is 1.46. The summed E-state index contributed by atoms with van der Waals surface area (Å²) in [6, 6.07) is 16.3. The van der Waals surface area contributed by atoms with E-state index in [0.717, 1.165) is 17.0 Å². The molecular weight excluding hydrogens is 370 g/mol. The SMILES string of the molecule is COc1ccc(CCNC(=O)[C@H](C)OC(=O)c2ccc(-n3cccn3)cc2)cc1. The van der Waals surface area contributed by atoms with E-state index in [9.17, 15) is 9.59 Å². The van der Waals surface area contributed by atoms with Gasteiger partial charge in [-0.2, -0.15) is 5.10 Å². The van der Waals surface area contributed by atoms with Crippen molar-refractivity contribution in [2.75, 3.05) is 13.7 Å². The highest BCUT2D eigenvalue weighted by atomic mass is 16.5. The molecule has 7 heteroatoms. The average molecular weight is 393 g/mol. The number of ether oxygens (including phenoxy) is 2. The molecule has 0 aliphatic rings. The highest BCUT2D eigenvalue weighted by Gasteiger charge is 2.18. The van der Waals surface area contributed by atoms with Crippen LogP contribution in [0.5, 0.6) is 5.75 Å². The maximum atomic E-state index is 12.3. The van der Waals surface area contributed by atoms with Crippen molar-refractivity contribution in [3.63, 3.8) is 0 Å². The second-order valence-electron chi connectivity index (χ2n) is 6.43. The summed E-state index contributed by atoms with van der Waals surface area (Å²) < 4.78 is 12.1. The van der Waals surface area contributed by atoms with Gasteiger partial charge in [0.15, 0.2) is 6.10 Å². The van der Waals surface area contributed by atoms with E-state index < -0.39 is 12.1 Å². The van der Waals surface area contributed by atoms with E-state index in [1.165, 1.54) is 0 Å². The van der Waals surface area contributed by atoms with Crippen LogP contribution in [-0.4, -0.2) is 41.4 Å². The van der Waals surface area contributed by atoms with Gasteiger partial charge in [0.05, 0.1) is 18.4 Å². The van der Waals surface area contributed by atoms with Crippen molar-refractivity contribution in [1.29, 1.82) is 0 Å². The minimum atomic E-state index is -0.885. The Labute approximate surface area is 169 Å². The third kappa shape index (κ3) is 5.44. The molecule has 29 heavy (non-hydrogen) atoms. The van der Waals surface area contributed by atoms with Crippen LogP contribution in [0.1, 0.15) is 22.8 Å². The smallest absolute Gasteiger partial charge is 0.338 e. The molecule has 0 aliphatic carbocycles. The summed E-state index contributed by atoms with van der Waals surface area (Å²) in [7, 11) is 1.62. The van der Waals surface area contributed by atoms with Gasteiger partial charge in [-0.3, -0.25) is 4.79 Å². The minimum absolute atomic E-state index is 0.333. The predicted molar refractivity (Wildman–Crippen MR) is 108 cm³/mol. The largest absolute Gasteiger partial charge is 0.497 e. The van der Waals surface area contributed by atoms with Gasteiger partial charge in [-0.15, -0.1) is 0 Å². The molecule has 0 radical (unpaired) electrons. The van der Waals surface area contributed by atoms with Crippen LogP contribution in [-0.2, 0) is 16.0 Å². The van der Waals surface area contributed by atoms with Gasteiger partial charge >= 0.3 is 5.97 Å². The summed E-state index contributed by atoms with van der Waals surface area (Å²) in [6.07, 6.45) is 3.28. The van der Waals surface area contributed by atoms with Gasteiger partial charge in [0.25, 0.3) is 5.91 Å². The van der Waals surface area contributed by atoms with Crippen LogP contribution in [0.25, 0.3) is 5.69 Å². The number of rotatable bonds is 8. The van der Waals surface area contributed by atoms with E-state index in [1.54, 1.807) is 49.2 Å². The molecule has 7 nitrogen and oxygen atoms in total. The number of carbonyl (C=O) groups is 2. The number of methoxy groups -OCH3 is 1. The number of nitrogens with one attached hydrogen (secondary N) is 1. The number of aromatic nitrogens is 2. The quantitative estimate of drug-likeness (QED) is 0.595. The fraction of sp³-hybridized carbons (Fsp3) is 0.227. The Kier molecular flexibility index (Phi) is 6.63. The van der Waals surface area contributed by atoms with Crippen LogP contribution < -0.4 is 10.1 Å². The van der Waals surface area contributed by atoms with E-state index >= 15 is 0 Å². The normalized spacial score (nSPS) is 11.5. The summed E-state index contributed by atoms with van der Waals surface area (Å²) in [4.78, 5) is 24.5. The topological polar surface area (TPSA) is 82.5 Å². The van der Waals surface area contributed by atoms with Crippen LogP contribution in [0.2, 0.25) is 0 Å². The maximum absolute atomic E-state index is 12.3. The second kappa shape index (κ2) is 9.54. The van der Waals surface area contributed by atoms with Crippen molar-refractivity contribution in [3.8, 4) is 11.4 Å². The van der Waals surface area contributed by atoms with Crippen LogP contribution in [0.4, 0.5) is 0 Å². The zero-order chi connectivity index (χ0) is 20.6. The zero-order valence-electron chi connectivity index (χ0n) is 16.4. The lowest BCUT2D eigenvalue weighted by Gasteiger charge is -2.14. The molecule has 3 aromatic rings. The van der Waals surface area contributed by atoms with Crippen molar-refractivity contribution in [3.05, 3.63) is 78.1 Å². The molecule has 0 spiro atoms. The summed E-state index contributed by atoms with van der Waals surface area (Å²) in [5, 5.41) is 6.92. The van der Waals surface area contributed by atoms with Crippen LogP contribution >= 0.6 is 0 Å². The van der Waals surface area contributed by atoms with Gasteiger partial charge in [0.1, 0.15) is 5.75 Å². The standard InChI is InChI=1S/C22H23N3O4/c1-16(21(26)23-14-12-17-4-10-20(28-2)11-5-17)29-22(27)18-6-8-19(9-7-18)25-15-3-13-24-25/h3-11,13,15-16H,12,14H2,1-2H3,(H,23,26)/t16-/m0/s1. The average Bonchev–Trinajstić information content (AvgIpc) is 3.29. The van der Waals surface area contributed by atoms with Crippen molar-refractivity contribution in [1.82, 2.24) is 15.1 Å². The third-order valence-electron chi connectivity index (χ3n) is 4.40. The van der Waals surface area contributed by atoms with Gasteiger partial charge < -0.3 is 14.8 Å². The number of benzene rings is 2. The van der Waals surface area contributed by atoms with Crippen molar-refractivity contribution < 1.29 is 19.1 Å². The first-order valence-electron chi connectivity index (χ1n) is 9.28. The Bertz CT molecular complexity index is 935. The number of amides is 1. The van der Waals surface area contributed by atoms with E-state index in [1.807, 2.05) is 36.5 Å². The van der Waals surface area contributed by atoms with E-state index in [2.05, 4.69) is 10.4 Å². The molecule has 0 unspecified atom stereocenters. The van der Waals surface area contributed by atoms with Gasteiger partial charge in [0, 0.05) is 18.9 Å². The molecule has 1 aromatic heterocycles. The van der Waals surface area contributed by atoms with E-state index in [4.69, 9.17) is 9.47 Å². The van der Waals surface area contributed by atoms with E-state index in [0.29, 0.717) is 18.5 Å². The highest BCUT2D eigenvalue weighted by molar-refractivity contribution is 5.92. The predicted octanol–water partition coefficient (Wildman–Crippen LogP) is 2.79. The monoisotopic (exact) mass is 393 g/mol. The molecule has 0 fully saturated rings. The lowest BCUT2D eigenvalue weighted by molar-refractivity contribution is -0.129. The van der Waals surface area contributed by atoms with Gasteiger partial charge in [-0.05, 0) is 61.4 Å². The van der Waals surface area contributed by atoms with Gasteiger partial charge in [-0.1, -0.05) is 12.1 Å². The molecule has 1 heterocycles. The Morgan fingerprint density at radius 3 is 2.45 bits per heavy atom. The number of nitrogens with zero attached hydrogens (tertiary/aromatic N) is 2. The third-order valence-corrected chi connectivity index (χ3v) is 4.40. The highest BCUT2D eigenvalue weighted by Crippen LogP contribution is 2.12. The second-order valence-corrected chi connectivity index (χ2v) is 6.43. The summed E-state index contributed by atoms with van der Waals surface area (Å²) in [5.41, 5.74) is 2.28. The fourth-order valence-corrected chi connectivity index (χ4v) is 2.72. The number of hydrogen-bond donors (Lipinski definition) is 1. The number of hydrogen-bond acceptors (Lipinski definition) is 5. The molecule has 0 aliphatic heterocycles. The molecule has 3 rings (SSSR count). The molecule has 0 saturated carbocycles. The van der Waals surface area contributed by atoms with Gasteiger partial charge in [0.2, 0.25) is 0 Å². The minimum Gasteiger partial charge on any atom is -0.497 e.